The second kappa shape index (κ2) is 6.60. The van der Waals surface area contributed by atoms with Crippen molar-refractivity contribution in [2.45, 2.75) is 17.5 Å². The van der Waals surface area contributed by atoms with Crippen LogP contribution in [0.15, 0.2) is 29.2 Å². The first-order valence-corrected chi connectivity index (χ1v) is 5.90. The Labute approximate surface area is 117 Å². The van der Waals surface area contributed by atoms with Crippen molar-refractivity contribution in [3.63, 3.8) is 0 Å². The Bertz CT molecular complexity index is 491. The predicted molar refractivity (Wildman–Crippen MR) is 68.3 cm³/mol. The van der Waals surface area contributed by atoms with Crippen molar-refractivity contribution in [1.29, 1.82) is 0 Å². The van der Waals surface area contributed by atoms with E-state index in [1.165, 1.54) is 24.3 Å². The molecule has 1 aromatic carbocycles. The van der Waals surface area contributed by atoms with Gasteiger partial charge in [0.25, 0.3) is 0 Å². The predicted octanol–water partition coefficient (Wildman–Crippen LogP) is 2.76. The summed E-state index contributed by atoms with van der Waals surface area (Å²) in [6.45, 7) is -1.07. The van der Waals surface area contributed by atoms with Crippen LogP contribution in [0.3, 0.4) is 0 Å². The summed E-state index contributed by atoms with van der Waals surface area (Å²) < 4.78 is 36.9. The number of hydrogen-bond acceptors (Lipinski definition) is 4. The molecule has 0 heterocycles. The Morgan fingerprint density at radius 3 is 2.35 bits per heavy atom. The van der Waals surface area contributed by atoms with Gasteiger partial charge in [-0.05, 0) is 24.3 Å². The molecule has 0 aromatic heterocycles. The van der Waals surface area contributed by atoms with Crippen LogP contribution in [0.5, 0.6) is 0 Å². The van der Waals surface area contributed by atoms with E-state index in [2.05, 4.69) is 17.9 Å². The molecule has 1 N–H and O–H groups in total. The number of nitrogens with one attached hydrogen (secondary N) is 1. The zero-order valence-corrected chi connectivity index (χ0v) is 10.9. The van der Waals surface area contributed by atoms with E-state index in [0.29, 0.717) is 4.90 Å². The molecule has 0 aliphatic heterocycles. The molecule has 0 spiro atoms. The van der Waals surface area contributed by atoms with Crippen molar-refractivity contribution in [2.75, 3.05) is 11.9 Å². The zero-order chi connectivity index (χ0) is 15.3. The summed E-state index contributed by atoms with van der Waals surface area (Å²) in [6, 6.07) is 5.95. The largest absolute Gasteiger partial charge is 0.390 e. The second-order valence-electron chi connectivity index (χ2n) is 4.07. The van der Waals surface area contributed by atoms with E-state index >= 15 is 0 Å². The second-order valence-corrected chi connectivity index (χ2v) is 4.58. The van der Waals surface area contributed by atoms with E-state index in [1.807, 2.05) is 0 Å². The Kier molecular flexibility index (Phi) is 5.37. The highest BCUT2D eigenvalue weighted by Gasteiger charge is 2.38. The highest BCUT2D eigenvalue weighted by atomic mass is 32.1. The third-order valence-electron chi connectivity index (χ3n) is 2.35. The number of nitrogens with zero attached hydrogens (tertiary/aromatic N) is 1. The lowest BCUT2D eigenvalue weighted by molar-refractivity contribution is -0.486. The van der Waals surface area contributed by atoms with E-state index < -0.39 is 35.9 Å². The topological polar surface area (TPSA) is 72.2 Å². The van der Waals surface area contributed by atoms with Gasteiger partial charge in [-0.1, -0.05) is 0 Å². The number of benzene rings is 1. The monoisotopic (exact) mass is 308 g/mol. The van der Waals surface area contributed by atoms with Gasteiger partial charge in [0.05, 0.1) is 6.42 Å². The Morgan fingerprint density at radius 2 is 1.90 bits per heavy atom. The fourth-order valence-corrected chi connectivity index (χ4v) is 1.64. The van der Waals surface area contributed by atoms with Crippen molar-refractivity contribution in [3.05, 3.63) is 34.4 Å². The molecule has 0 saturated heterocycles. The molecule has 1 atom stereocenters. The molecule has 0 fully saturated rings. The number of halogens is 3. The van der Waals surface area contributed by atoms with Crippen LogP contribution < -0.4 is 5.32 Å². The van der Waals surface area contributed by atoms with Crippen molar-refractivity contribution >= 4 is 24.2 Å². The molecule has 1 unspecified atom stereocenters. The fraction of sp³-hybridized carbons (Fsp3) is 0.364. The molecule has 0 bridgehead atoms. The summed E-state index contributed by atoms with van der Waals surface area (Å²) in [5, 5.41) is 12.6. The molecule has 1 aromatic rings. The van der Waals surface area contributed by atoms with Crippen LogP contribution in [0.4, 0.5) is 18.9 Å². The first-order valence-electron chi connectivity index (χ1n) is 5.46. The van der Waals surface area contributed by atoms with E-state index in [4.69, 9.17) is 0 Å². The molecule has 20 heavy (non-hydrogen) atoms. The smallest absolute Gasteiger partial charge is 0.326 e. The minimum atomic E-state index is -4.65. The van der Waals surface area contributed by atoms with Gasteiger partial charge in [-0.2, -0.15) is 13.2 Å². The van der Waals surface area contributed by atoms with E-state index in [1.54, 1.807) is 0 Å². The molecule has 0 aliphatic carbocycles. The molecule has 0 radical (unpaired) electrons. The minimum Gasteiger partial charge on any atom is -0.326 e. The van der Waals surface area contributed by atoms with Crippen LogP contribution in [0.1, 0.15) is 6.42 Å². The average molecular weight is 308 g/mol. The van der Waals surface area contributed by atoms with Crippen LogP contribution in [0.2, 0.25) is 0 Å². The quantitative estimate of drug-likeness (QED) is 0.499. The maximum Gasteiger partial charge on any atom is 0.390 e. The van der Waals surface area contributed by atoms with Crippen LogP contribution >= 0.6 is 12.6 Å². The van der Waals surface area contributed by atoms with Gasteiger partial charge in [0.15, 0.2) is 0 Å². The normalized spacial score (nSPS) is 12.8. The standard InChI is InChI=1S/C11H11F3N2O3S/c12-11(13,14)5-7(6-16(18)19)10(17)15-8-1-3-9(20)4-2-8/h1-4,7,20H,5-6H2,(H,15,17). The molecular formula is C11H11F3N2O3S. The molecule has 110 valence electrons. The number of nitro groups is 1. The summed E-state index contributed by atoms with van der Waals surface area (Å²) in [6.07, 6.45) is -6.18. The number of hydrogen-bond donors (Lipinski definition) is 2. The maximum atomic E-state index is 12.3. The van der Waals surface area contributed by atoms with Crippen molar-refractivity contribution in [1.82, 2.24) is 0 Å². The lowest BCUT2D eigenvalue weighted by Gasteiger charge is -2.15. The third-order valence-corrected chi connectivity index (χ3v) is 2.65. The Balaban J connectivity index is 2.76. The van der Waals surface area contributed by atoms with Crippen molar-refractivity contribution in [2.24, 2.45) is 5.92 Å². The van der Waals surface area contributed by atoms with Crippen LogP contribution in [0, 0.1) is 16.0 Å². The summed E-state index contributed by atoms with van der Waals surface area (Å²) in [7, 11) is 0. The molecule has 1 rings (SSSR count). The lowest BCUT2D eigenvalue weighted by atomic mass is 10.0. The van der Waals surface area contributed by atoms with Gasteiger partial charge in [0, 0.05) is 15.5 Å². The lowest BCUT2D eigenvalue weighted by Crippen LogP contribution is -2.32. The summed E-state index contributed by atoms with van der Waals surface area (Å²) in [4.78, 5) is 21.7. The van der Waals surface area contributed by atoms with Gasteiger partial charge in [-0.3, -0.25) is 14.9 Å². The van der Waals surface area contributed by atoms with Gasteiger partial charge in [0.2, 0.25) is 12.5 Å². The highest BCUT2D eigenvalue weighted by Crippen LogP contribution is 2.26. The first kappa shape index (κ1) is 16.3. The molecule has 0 aliphatic rings. The number of carbonyl (C=O) groups is 1. The molecular weight excluding hydrogens is 297 g/mol. The van der Waals surface area contributed by atoms with Gasteiger partial charge >= 0.3 is 6.18 Å². The number of thiol groups is 1. The van der Waals surface area contributed by atoms with Crippen LogP contribution in [-0.4, -0.2) is 23.6 Å². The maximum absolute atomic E-state index is 12.3. The van der Waals surface area contributed by atoms with E-state index in [0.717, 1.165) is 0 Å². The molecule has 5 nitrogen and oxygen atoms in total. The van der Waals surface area contributed by atoms with E-state index in [-0.39, 0.29) is 5.69 Å². The molecule has 9 heteroatoms. The van der Waals surface area contributed by atoms with Gasteiger partial charge in [-0.15, -0.1) is 12.6 Å². The first-order chi connectivity index (χ1) is 9.17. The zero-order valence-electron chi connectivity index (χ0n) is 10.1. The van der Waals surface area contributed by atoms with Crippen molar-refractivity contribution < 1.29 is 22.9 Å². The molecule has 0 saturated carbocycles. The number of amides is 1. The van der Waals surface area contributed by atoms with Gasteiger partial charge in [-0.25, -0.2) is 0 Å². The SMILES string of the molecule is O=C(Nc1ccc(S)cc1)C(C[N+](=O)[O-])CC(F)(F)F. The number of carbonyl (C=O) groups excluding carboxylic acids is 1. The number of anilines is 1. The molecule has 1 amide bonds. The van der Waals surface area contributed by atoms with Crippen LogP contribution in [0.25, 0.3) is 0 Å². The number of rotatable bonds is 5. The number of alkyl halides is 3. The van der Waals surface area contributed by atoms with Gasteiger partial charge in [0.1, 0.15) is 5.92 Å². The van der Waals surface area contributed by atoms with E-state index in [9.17, 15) is 28.1 Å². The summed E-state index contributed by atoms with van der Waals surface area (Å²) in [5.41, 5.74) is 0.253. The fourth-order valence-electron chi connectivity index (χ4n) is 1.49. The highest BCUT2D eigenvalue weighted by molar-refractivity contribution is 7.80. The van der Waals surface area contributed by atoms with Crippen LogP contribution in [-0.2, 0) is 4.79 Å². The van der Waals surface area contributed by atoms with Gasteiger partial charge < -0.3 is 5.32 Å². The average Bonchev–Trinajstić information content (AvgIpc) is 2.29. The Morgan fingerprint density at radius 1 is 1.35 bits per heavy atom. The Hall–Kier alpha value is -1.77. The minimum absolute atomic E-state index is 0.253. The van der Waals surface area contributed by atoms with Crippen molar-refractivity contribution in [3.8, 4) is 0 Å². The summed E-state index contributed by atoms with van der Waals surface area (Å²) >= 11 is 4.01. The summed E-state index contributed by atoms with van der Waals surface area (Å²) in [5.74, 6) is -2.80. The third kappa shape index (κ3) is 5.91.